The van der Waals surface area contributed by atoms with E-state index in [-0.39, 0.29) is 12.0 Å². The predicted octanol–water partition coefficient (Wildman–Crippen LogP) is 2.15. The molecule has 1 atom stereocenters. The number of likely N-dealkylation sites (N-methyl/N-ethyl adjacent to an activating group) is 2. The molecule has 2 rings (SSSR count). The van der Waals surface area contributed by atoms with Crippen molar-refractivity contribution < 1.29 is 9.53 Å². The second kappa shape index (κ2) is 7.41. The zero-order chi connectivity index (χ0) is 14.4. The molecule has 1 saturated heterocycles. The largest absolute Gasteiger partial charge is 0.377 e. The molecule has 1 heterocycles. The van der Waals surface area contributed by atoms with Gasteiger partial charge in [0.05, 0.1) is 12.6 Å². The number of para-hydroxylation sites is 1. The molecule has 1 amide bonds. The summed E-state index contributed by atoms with van der Waals surface area (Å²) in [5.41, 5.74) is 0.930. The first-order chi connectivity index (χ1) is 9.66. The molecule has 1 aromatic rings. The second-order valence-corrected chi connectivity index (χ2v) is 5.47. The first kappa shape index (κ1) is 15.0. The Morgan fingerprint density at radius 2 is 2.00 bits per heavy atom. The summed E-state index contributed by atoms with van der Waals surface area (Å²) in [6.45, 7) is 2.11. The quantitative estimate of drug-likeness (QED) is 0.826. The highest BCUT2D eigenvalue weighted by atomic mass is 16.5. The van der Waals surface area contributed by atoms with Gasteiger partial charge in [-0.1, -0.05) is 18.2 Å². The third kappa shape index (κ3) is 4.32. The van der Waals surface area contributed by atoms with Crippen LogP contribution in [-0.2, 0) is 9.53 Å². The zero-order valence-electron chi connectivity index (χ0n) is 12.4. The molecule has 1 unspecified atom stereocenters. The van der Waals surface area contributed by atoms with Gasteiger partial charge in [0.2, 0.25) is 5.91 Å². The molecular weight excluding hydrogens is 252 g/mol. The van der Waals surface area contributed by atoms with Crippen molar-refractivity contribution in [3.63, 3.8) is 0 Å². The molecule has 0 N–H and O–H groups in total. The number of carbonyl (C=O) groups excluding carboxylic acids is 1. The molecule has 1 aliphatic heterocycles. The summed E-state index contributed by atoms with van der Waals surface area (Å²) in [6.07, 6.45) is 3.78. The molecule has 0 aliphatic carbocycles. The minimum absolute atomic E-state index is 0.106. The summed E-state index contributed by atoms with van der Waals surface area (Å²) in [7, 11) is 3.80. The van der Waals surface area contributed by atoms with E-state index in [0.717, 1.165) is 31.7 Å². The Balaban J connectivity index is 1.81. The number of benzene rings is 1. The Labute approximate surface area is 121 Å². The molecule has 4 nitrogen and oxygen atoms in total. The third-order valence-electron chi connectivity index (χ3n) is 3.71. The molecule has 0 aromatic heterocycles. The topological polar surface area (TPSA) is 32.8 Å². The van der Waals surface area contributed by atoms with Crippen LogP contribution >= 0.6 is 0 Å². The Morgan fingerprint density at radius 3 is 2.65 bits per heavy atom. The molecule has 1 aliphatic rings. The van der Waals surface area contributed by atoms with Crippen molar-refractivity contribution in [2.24, 2.45) is 0 Å². The van der Waals surface area contributed by atoms with Gasteiger partial charge in [0, 0.05) is 25.9 Å². The fourth-order valence-corrected chi connectivity index (χ4v) is 2.50. The van der Waals surface area contributed by atoms with E-state index in [1.54, 1.807) is 4.90 Å². The van der Waals surface area contributed by atoms with Gasteiger partial charge in [-0.25, -0.2) is 0 Å². The van der Waals surface area contributed by atoms with Gasteiger partial charge in [-0.15, -0.1) is 0 Å². The minimum atomic E-state index is 0.106. The van der Waals surface area contributed by atoms with E-state index >= 15 is 0 Å². The monoisotopic (exact) mass is 276 g/mol. The van der Waals surface area contributed by atoms with Crippen LogP contribution in [0.5, 0.6) is 0 Å². The van der Waals surface area contributed by atoms with Crippen molar-refractivity contribution >= 4 is 11.6 Å². The minimum Gasteiger partial charge on any atom is -0.377 e. The maximum Gasteiger partial charge on any atom is 0.240 e. The van der Waals surface area contributed by atoms with E-state index in [1.165, 1.54) is 6.42 Å². The number of rotatable bonds is 5. The highest BCUT2D eigenvalue weighted by Gasteiger charge is 2.18. The van der Waals surface area contributed by atoms with Crippen molar-refractivity contribution in [3.05, 3.63) is 30.3 Å². The molecule has 20 heavy (non-hydrogen) atoms. The molecule has 1 fully saturated rings. The maximum absolute atomic E-state index is 12.2. The molecule has 110 valence electrons. The number of amides is 1. The van der Waals surface area contributed by atoms with Gasteiger partial charge in [0.1, 0.15) is 0 Å². The highest BCUT2D eigenvalue weighted by molar-refractivity contribution is 5.94. The fraction of sp³-hybridized carbons (Fsp3) is 0.562. The van der Waals surface area contributed by atoms with Crippen LogP contribution in [0.1, 0.15) is 19.3 Å². The SMILES string of the molecule is CN(CC(=O)N(C)c1ccccc1)CC1CCCCO1. The Bertz CT molecular complexity index is 416. The number of ether oxygens (including phenoxy) is 1. The standard InChI is InChI=1S/C16H24N2O2/c1-17(12-15-10-6-7-11-20-15)13-16(19)18(2)14-8-4-3-5-9-14/h3-5,8-9,15H,6-7,10-13H2,1-2H3. The van der Waals surface area contributed by atoms with Gasteiger partial charge in [-0.3, -0.25) is 9.69 Å². The summed E-state index contributed by atoms with van der Waals surface area (Å²) < 4.78 is 5.71. The maximum atomic E-state index is 12.2. The van der Waals surface area contributed by atoms with Crippen LogP contribution in [0.3, 0.4) is 0 Å². The zero-order valence-corrected chi connectivity index (χ0v) is 12.4. The smallest absolute Gasteiger partial charge is 0.240 e. The van der Waals surface area contributed by atoms with Crippen LogP contribution in [0.15, 0.2) is 30.3 Å². The summed E-state index contributed by atoms with van der Waals surface area (Å²) >= 11 is 0. The second-order valence-electron chi connectivity index (χ2n) is 5.47. The van der Waals surface area contributed by atoms with Gasteiger partial charge in [0.15, 0.2) is 0 Å². The number of nitrogens with zero attached hydrogens (tertiary/aromatic N) is 2. The van der Waals surface area contributed by atoms with Gasteiger partial charge in [0.25, 0.3) is 0 Å². The highest BCUT2D eigenvalue weighted by Crippen LogP contribution is 2.14. The lowest BCUT2D eigenvalue weighted by atomic mass is 10.1. The normalized spacial score (nSPS) is 19.1. The van der Waals surface area contributed by atoms with Crippen molar-refractivity contribution in [2.45, 2.75) is 25.4 Å². The fourth-order valence-electron chi connectivity index (χ4n) is 2.50. The summed E-state index contributed by atoms with van der Waals surface area (Å²) in [5, 5.41) is 0. The van der Waals surface area contributed by atoms with Gasteiger partial charge in [-0.2, -0.15) is 0 Å². The summed E-state index contributed by atoms with van der Waals surface area (Å²) in [5.74, 6) is 0.106. The lowest BCUT2D eigenvalue weighted by molar-refractivity contribution is -0.119. The molecule has 4 heteroatoms. The van der Waals surface area contributed by atoms with Crippen LogP contribution in [0, 0.1) is 0 Å². The number of hydrogen-bond acceptors (Lipinski definition) is 3. The molecule has 0 spiro atoms. The summed E-state index contributed by atoms with van der Waals surface area (Å²) in [6, 6.07) is 9.73. The van der Waals surface area contributed by atoms with Gasteiger partial charge in [-0.05, 0) is 38.4 Å². The first-order valence-corrected chi connectivity index (χ1v) is 7.28. The van der Waals surface area contributed by atoms with E-state index in [1.807, 2.05) is 44.4 Å². The molecule has 0 saturated carbocycles. The number of anilines is 1. The average molecular weight is 276 g/mol. The Kier molecular flexibility index (Phi) is 5.56. The average Bonchev–Trinajstić information content (AvgIpc) is 2.48. The third-order valence-corrected chi connectivity index (χ3v) is 3.71. The van der Waals surface area contributed by atoms with Crippen molar-refractivity contribution in [1.82, 2.24) is 4.90 Å². The van der Waals surface area contributed by atoms with Crippen molar-refractivity contribution in [1.29, 1.82) is 0 Å². The van der Waals surface area contributed by atoms with Crippen molar-refractivity contribution in [2.75, 3.05) is 38.7 Å². The van der Waals surface area contributed by atoms with Gasteiger partial charge < -0.3 is 9.64 Å². The van der Waals surface area contributed by atoms with E-state index < -0.39 is 0 Å². The number of hydrogen-bond donors (Lipinski definition) is 0. The van der Waals surface area contributed by atoms with Crippen LogP contribution in [0.4, 0.5) is 5.69 Å². The molecular formula is C16H24N2O2. The Morgan fingerprint density at radius 1 is 1.25 bits per heavy atom. The van der Waals surface area contributed by atoms with Crippen LogP contribution in [0.25, 0.3) is 0 Å². The van der Waals surface area contributed by atoms with E-state index in [2.05, 4.69) is 4.90 Å². The first-order valence-electron chi connectivity index (χ1n) is 7.28. The lowest BCUT2D eigenvalue weighted by Gasteiger charge is -2.28. The van der Waals surface area contributed by atoms with Gasteiger partial charge >= 0.3 is 0 Å². The molecule has 0 radical (unpaired) electrons. The van der Waals surface area contributed by atoms with Crippen LogP contribution in [-0.4, -0.2) is 50.7 Å². The van der Waals surface area contributed by atoms with E-state index in [9.17, 15) is 4.79 Å². The summed E-state index contributed by atoms with van der Waals surface area (Å²) in [4.78, 5) is 16.0. The van der Waals surface area contributed by atoms with Crippen molar-refractivity contribution in [3.8, 4) is 0 Å². The van der Waals surface area contributed by atoms with Crippen LogP contribution in [0.2, 0.25) is 0 Å². The predicted molar refractivity (Wildman–Crippen MR) is 80.9 cm³/mol. The molecule has 1 aromatic carbocycles. The lowest BCUT2D eigenvalue weighted by Crippen LogP contribution is -2.40. The van der Waals surface area contributed by atoms with Crippen LogP contribution < -0.4 is 4.90 Å². The Hall–Kier alpha value is -1.39. The van der Waals surface area contributed by atoms with E-state index in [0.29, 0.717) is 6.54 Å². The number of carbonyl (C=O) groups is 1. The van der Waals surface area contributed by atoms with E-state index in [4.69, 9.17) is 4.74 Å². The molecule has 0 bridgehead atoms.